The number of anilines is 1. The van der Waals surface area contributed by atoms with E-state index in [0.717, 1.165) is 23.1 Å². The van der Waals surface area contributed by atoms with Crippen molar-refractivity contribution in [3.63, 3.8) is 0 Å². The lowest BCUT2D eigenvalue weighted by atomic mass is 10.1. The Morgan fingerprint density at radius 1 is 1.16 bits per heavy atom. The quantitative estimate of drug-likeness (QED) is 0.797. The standard InChI is InChI=1S/C15H18BrN3/c16-13-7-12(10-17)8-15(9-13)19-6-2-5-18-4-1-3-14(18)11-19/h7-9,14H,1-6,11H2. The van der Waals surface area contributed by atoms with Gasteiger partial charge in [0.1, 0.15) is 0 Å². The van der Waals surface area contributed by atoms with Gasteiger partial charge < -0.3 is 4.90 Å². The lowest BCUT2D eigenvalue weighted by molar-refractivity contribution is 0.273. The van der Waals surface area contributed by atoms with Gasteiger partial charge in [-0.1, -0.05) is 15.9 Å². The van der Waals surface area contributed by atoms with Gasteiger partial charge >= 0.3 is 0 Å². The highest BCUT2D eigenvalue weighted by atomic mass is 79.9. The zero-order valence-corrected chi connectivity index (χ0v) is 12.6. The summed E-state index contributed by atoms with van der Waals surface area (Å²) in [6.07, 6.45) is 3.86. The van der Waals surface area contributed by atoms with Crippen LogP contribution < -0.4 is 4.90 Å². The fourth-order valence-electron chi connectivity index (χ4n) is 3.26. The first-order chi connectivity index (χ1) is 9.26. The number of hydrogen-bond acceptors (Lipinski definition) is 3. The van der Waals surface area contributed by atoms with Crippen LogP contribution in [0.15, 0.2) is 22.7 Å². The van der Waals surface area contributed by atoms with E-state index in [0.29, 0.717) is 6.04 Å². The van der Waals surface area contributed by atoms with Crippen LogP contribution in [0.4, 0.5) is 5.69 Å². The Balaban J connectivity index is 1.85. The van der Waals surface area contributed by atoms with Crippen molar-refractivity contribution >= 4 is 21.6 Å². The molecule has 2 aliphatic heterocycles. The van der Waals surface area contributed by atoms with Gasteiger partial charge in [-0.15, -0.1) is 0 Å². The van der Waals surface area contributed by atoms with Crippen molar-refractivity contribution in [3.05, 3.63) is 28.2 Å². The number of nitriles is 1. The van der Waals surface area contributed by atoms with E-state index in [-0.39, 0.29) is 0 Å². The third-order valence-corrected chi connectivity index (χ3v) is 4.64. The van der Waals surface area contributed by atoms with Crippen molar-refractivity contribution in [2.24, 2.45) is 0 Å². The molecule has 3 nitrogen and oxygen atoms in total. The van der Waals surface area contributed by atoms with E-state index >= 15 is 0 Å². The van der Waals surface area contributed by atoms with Gasteiger partial charge in [0.2, 0.25) is 0 Å². The van der Waals surface area contributed by atoms with Crippen LogP contribution in [0.25, 0.3) is 0 Å². The van der Waals surface area contributed by atoms with Gasteiger partial charge in [0.25, 0.3) is 0 Å². The second-order valence-electron chi connectivity index (χ2n) is 5.44. The van der Waals surface area contributed by atoms with E-state index in [1.54, 1.807) is 0 Å². The van der Waals surface area contributed by atoms with Gasteiger partial charge in [-0.2, -0.15) is 5.26 Å². The fourth-order valence-corrected chi connectivity index (χ4v) is 3.74. The van der Waals surface area contributed by atoms with Crippen LogP contribution in [0.2, 0.25) is 0 Å². The summed E-state index contributed by atoms with van der Waals surface area (Å²) in [5, 5.41) is 9.09. The van der Waals surface area contributed by atoms with Gasteiger partial charge in [-0.3, -0.25) is 4.90 Å². The van der Waals surface area contributed by atoms with E-state index in [9.17, 15) is 0 Å². The molecule has 0 saturated carbocycles. The smallest absolute Gasteiger partial charge is 0.0992 e. The van der Waals surface area contributed by atoms with Crippen molar-refractivity contribution in [1.82, 2.24) is 4.90 Å². The molecule has 4 heteroatoms. The van der Waals surface area contributed by atoms with E-state index in [1.165, 1.54) is 38.0 Å². The first-order valence-electron chi connectivity index (χ1n) is 6.96. The molecule has 1 atom stereocenters. The summed E-state index contributed by atoms with van der Waals surface area (Å²) in [6, 6.07) is 8.96. The SMILES string of the molecule is N#Cc1cc(Br)cc(N2CCCN3CCCC3C2)c1. The number of fused-ring (bicyclic) bond motifs is 1. The van der Waals surface area contributed by atoms with Crippen LogP contribution in [0.3, 0.4) is 0 Å². The van der Waals surface area contributed by atoms with Crippen molar-refractivity contribution in [2.75, 3.05) is 31.1 Å². The topological polar surface area (TPSA) is 30.3 Å². The second kappa shape index (κ2) is 5.52. The van der Waals surface area contributed by atoms with E-state index in [1.807, 2.05) is 12.1 Å². The highest BCUT2D eigenvalue weighted by Gasteiger charge is 2.28. The average molecular weight is 320 g/mol. The second-order valence-corrected chi connectivity index (χ2v) is 6.36. The summed E-state index contributed by atoms with van der Waals surface area (Å²) in [4.78, 5) is 5.07. The maximum Gasteiger partial charge on any atom is 0.0992 e. The molecule has 0 aromatic heterocycles. The van der Waals surface area contributed by atoms with Crippen LogP contribution in [0.1, 0.15) is 24.8 Å². The summed E-state index contributed by atoms with van der Waals surface area (Å²) in [5.41, 5.74) is 1.91. The molecule has 1 aromatic rings. The molecule has 0 spiro atoms. The number of hydrogen-bond donors (Lipinski definition) is 0. The monoisotopic (exact) mass is 319 g/mol. The normalized spacial score (nSPS) is 23.8. The molecule has 0 radical (unpaired) electrons. The first kappa shape index (κ1) is 13.0. The number of nitrogens with zero attached hydrogens (tertiary/aromatic N) is 3. The molecule has 3 rings (SSSR count). The number of benzene rings is 1. The van der Waals surface area contributed by atoms with E-state index in [4.69, 9.17) is 5.26 Å². The molecule has 2 heterocycles. The molecule has 1 aromatic carbocycles. The van der Waals surface area contributed by atoms with Gasteiger partial charge in [-0.25, -0.2) is 0 Å². The average Bonchev–Trinajstić information content (AvgIpc) is 2.75. The maximum atomic E-state index is 9.09. The Hall–Kier alpha value is -1.05. The molecule has 0 amide bonds. The minimum atomic E-state index is 0.701. The minimum Gasteiger partial charge on any atom is -0.370 e. The Kier molecular flexibility index (Phi) is 3.76. The van der Waals surface area contributed by atoms with Crippen molar-refractivity contribution in [3.8, 4) is 6.07 Å². The van der Waals surface area contributed by atoms with Crippen LogP contribution >= 0.6 is 15.9 Å². The molecule has 0 aliphatic carbocycles. The molecule has 0 bridgehead atoms. The summed E-state index contributed by atoms with van der Waals surface area (Å²) < 4.78 is 0.995. The van der Waals surface area contributed by atoms with Crippen molar-refractivity contribution in [2.45, 2.75) is 25.3 Å². The molecular formula is C15H18BrN3. The highest BCUT2D eigenvalue weighted by molar-refractivity contribution is 9.10. The van der Waals surface area contributed by atoms with E-state index in [2.05, 4.69) is 37.9 Å². The minimum absolute atomic E-state index is 0.701. The van der Waals surface area contributed by atoms with Crippen molar-refractivity contribution < 1.29 is 0 Å². The van der Waals surface area contributed by atoms with Crippen LogP contribution in [0.5, 0.6) is 0 Å². The van der Waals surface area contributed by atoms with Crippen molar-refractivity contribution in [1.29, 1.82) is 5.26 Å². The van der Waals surface area contributed by atoms with Crippen LogP contribution in [-0.4, -0.2) is 37.1 Å². The zero-order valence-electron chi connectivity index (χ0n) is 11.0. The Morgan fingerprint density at radius 2 is 2.00 bits per heavy atom. The summed E-state index contributed by atoms with van der Waals surface area (Å²) in [7, 11) is 0. The predicted molar refractivity (Wildman–Crippen MR) is 80.3 cm³/mol. The summed E-state index contributed by atoms with van der Waals surface area (Å²) >= 11 is 3.51. The fraction of sp³-hybridized carbons (Fsp3) is 0.533. The Bertz CT molecular complexity index is 509. The molecule has 0 N–H and O–H groups in total. The molecule has 19 heavy (non-hydrogen) atoms. The lowest BCUT2D eigenvalue weighted by Crippen LogP contribution is -2.36. The molecular weight excluding hydrogens is 302 g/mol. The molecule has 2 fully saturated rings. The third-order valence-electron chi connectivity index (χ3n) is 4.18. The maximum absolute atomic E-state index is 9.09. The largest absolute Gasteiger partial charge is 0.370 e. The summed E-state index contributed by atoms with van der Waals surface area (Å²) in [6.45, 7) is 4.68. The van der Waals surface area contributed by atoms with Crippen LogP contribution in [0, 0.1) is 11.3 Å². The molecule has 1 unspecified atom stereocenters. The van der Waals surface area contributed by atoms with Gasteiger partial charge in [0.15, 0.2) is 0 Å². The lowest BCUT2D eigenvalue weighted by Gasteiger charge is -2.27. The first-order valence-corrected chi connectivity index (χ1v) is 7.75. The number of halogens is 1. The van der Waals surface area contributed by atoms with E-state index < -0.39 is 0 Å². The van der Waals surface area contributed by atoms with Gasteiger partial charge in [0, 0.05) is 35.8 Å². The Labute approximate surface area is 122 Å². The number of rotatable bonds is 1. The zero-order chi connectivity index (χ0) is 13.2. The molecule has 100 valence electrons. The Morgan fingerprint density at radius 3 is 2.84 bits per heavy atom. The molecule has 2 saturated heterocycles. The van der Waals surface area contributed by atoms with Gasteiger partial charge in [0.05, 0.1) is 11.6 Å². The highest BCUT2D eigenvalue weighted by Crippen LogP contribution is 2.27. The summed E-state index contributed by atoms with van der Waals surface area (Å²) in [5.74, 6) is 0. The van der Waals surface area contributed by atoms with Gasteiger partial charge in [-0.05, 0) is 44.0 Å². The predicted octanol–water partition coefficient (Wildman–Crippen LogP) is 3.00. The molecule has 2 aliphatic rings. The van der Waals surface area contributed by atoms with Crippen LogP contribution in [-0.2, 0) is 0 Å². The third kappa shape index (κ3) is 2.77.